The maximum atomic E-state index is 13.8. The van der Waals surface area contributed by atoms with Crippen LogP contribution in [-0.2, 0) is 19.7 Å². The van der Waals surface area contributed by atoms with Gasteiger partial charge < -0.3 is 14.8 Å². The lowest BCUT2D eigenvalue weighted by Crippen LogP contribution is -2.13. The van der Waals surface area contributed by atoms with Crippen molar-refractivity contribution in [1.82, 2.24) is 5.32 Å². The van der Waals surface area contributed by atoms with Gasteiger partial charge in [-0.1, -0.05) is 60.1 Å². The Hall–Kier alpha value is -2.27. The van der Waals surface area contributed by atoms with Crippen LogP contribution in [0.2, 0.25) is 5.02 Å². The Morgan fingerprint density at radius 3 is 2.31 bits per heavy atom. The minimum Gasteiger partial charge on any atom is -0.490 e. The number of benzene rings is 3. The molecule has 3 rings (SSSR count). The second-order valence-corrected chi connectivity index (χ2v) is 6.71. The molecule has 0 heterocycles. The topological polar surface area (TPSA) is 30.5 Å². The van der Waals surface area contributed by atoms with Crippen molar-refractivity contribution in [1.29, 1.82) is 0 Å². The SMILES string of the molecule is CCOc1cc(CNCc2ccccc2)cc(Cl)c1OCc1ccccc1F.Cl. The summed E-state index contributed by atoms with van der Waals surface area (Å²) in [7, 11) is 0. The van der Waals surface area contributed by atoms with E-state index in [1.165, 1.54) is 11.6 Å². The molecule has 0 radical (unpaired) electrons. The summed E-state index contributed by atoms with van der Waals surface area (Å²) in [6, 6.07) is 20.4. The van der Waals surface area contributed by atoms with Crippen molar-refractivity contribution >= 4 is 24.0 Å². The maximum absolute atomic E-state index is 13.8. The fourth-order valence-corrected chi connectivity index (χ4v) is 3.13. The summed E-state index contributed by atoms with van der Waals surface area (Å²) >= 11 is 6.45. The largest absolute Gasteiger partial charge is 0.490 e. The molecule has 3 nitrogen and oxygen atoms in total. The highest BCUT2D eigenvalue weighted by Gasteiger charge is 2.14. The molecule has 0 fully saturated rings. The van der Waals surface area contributed by atoms with Crippen LogP contribution in [0.15, 0.2) is 66.7 Å². The summed E-state index contributed by atoms with van der Waals surface area (Å²) in [6.07, 6.45) is 0. The minimum absolute atomic E-state index is 0. The fourth-order valence-electron chi connectivity index (χ4n) is 2.84. The molecule has 0 saturated carbocycles. The molecular formula is C23H24Cl2FNO2. The predicted molar refractivity (Wildman–Crippen MR) is 118 cm³/mol. The van der Waals surface area contributed by atoms with Gasteiger partial charge in [0.15, 0.2) is 11.5 Å². The van der Waals surface area contributed by atoms with Crippen molar-refractivity contribution in [3.63, 3.8) is 0 Å². The van der Waals surface area contributed by atoms with Gasteiger partial charge >= 0.3 is 0 Å². The molecule has 1 N–H and O–H groups in total. The highest BCUT2D eigenvalue weighted by Crippen LogP contribution is 2.37. The molecule has 3 aromatic rings. The lowest BCUT2D eigenvalue weighted by molar-refractivity contribution is 0.266. The lowest BCUT2D eigenvalue weighted by Gasteiger charge is -2.16. The zero-order valence-corrected chi connectivity index (χ0v) is 17.7. The van der Waals surface area contributed by atoms with Crippen LogP contribution in [-0.4, -0.2) is 6.61 Å². The van der Waals surface area contributed by atoms with E-state index in [0.29, 0.717) is 35.2 Å². The van der Waals surface area contributed by atoms with Gasteiger partial charge in [0, 0.05) is 18.7 Å². The molecule has 29 heavy (non-hydrogen) atoms. The average Bonchev–Trinajstić information content (AvgIpc) is 2.70. The zero-order chi connectivity index (χ0) is 19.8. The monoisotopic (exact) mass is 435 g/mol. The van der Waals surface area contributed by atoms with Crippen LogP contribution >= 0.6 is 24.0 Å². The van der Waals surface area contributed by atoms with Crippen molar-refractivity contribution in [2.45, 2.75) is 26.6 Å². The molecule has 0 atom stereocenters. The van der Waals surface area contributed by atoms with Crippen LogP contribution in [0.4, 0.5) is 4.39 Å². The molecule has 0 aliphatic carbocycles. The van der Waals surface area contributed by atoms with Crippen LogP contribution in [0.1, 0.15) is 23.6 Å². The Morgan fingerprint density at radius 2 is 1.59 bits per heavy atom. The van der Waals surface area contributed by atoms with Crippen LogP contribution < -0.4 is 14.8 Å². The first-order valence-electron chi connectivity index (χ1n) is 9.23. The van der Waals surface area contributed by atoms with Gasteiger partial charge in [0.2, 0.25) is 0 Å². The van der Waals surface area contributed by atoms with E-state index in [1.54, 1.807) is 18.2 Å². The van der Waals surface area contributed by atoms with Crippen LogP contribution in [0, 0.1) is 5.82 Å². The average molecular weight is 436 g/mol. The summed E-state index contributed by atoms with van der Waals surface area (Å²) in [5.41, 5.74) is 2.67. The Labute approximate surface area is 182 Å². The van der Waals surface area contributed by atoms with Gasteiger partial charge in [0.1, 0.15) is 12.4 Å². The maximum Gasteiger partial charge on any atom is 0.180 e. The van der Waals surface area contributed by atoms with E-state index in [0.717, 1.165) is 12.1 Å². The van der Waals surface area contributed by atoms with Crippen LogP contribution in [0.25, 0.3) is 0 Å². The van der Waals surface area contributed by atoms with Crippen molar-refractivity contribution in [3.05, 3.63) is 94.3 Å². The van der Waals surface area contributed by atoms with Crippen molar-refractivity contribution in [3.8, 4) is 11.5 Å². The summed E-state index contributed by atoms with van der Waals surface area (Å²) in [4.78, 5) is 0. The summed E-state index contributed by atoms with van der Waals surface area (Å²) < 4.78 is 25.3. The van der Waals surface area contributed by atoms with Crippen molar-refractivity contribution in [2.24, 2.45) is 0 Å². The number of nitrogens with one attached hydrogen (secondary N) is 1. The molecule has 3 aromatic carbocycles. The number of ether oxygens (including phenoxy) is 2. The van der Waals surface area contributed by atoms with Gasteiger partial charge in [-0.2, -0.15) is 0 Å². The molecule has 0 unspecified atom stereocenters. The van der Waals surface area contributed by atoms with Gasteiger partial charge in [-0.25, -0.2) is 4.39 Å². The normalized spacial score (nSPS) is 10.3. The summed E-state index contributed by atoms with van der Waals surface area (Å²) in [6.45, 7) is 3.86. The second kappa shape index (κ2) is 11.7. The van der Waals surface area contributed by atoms with Crippen molar-refractivity contribution in [2.75, 3.05) is 6.61 Å². The third-order valence-corrected chi connectivity index (χ3v) is 4.48. The van der Waals surface area contributed by atoms with E-state index < -0.39 is 0 Å². The zero-order valence-electron chi connectivity index (χ0n) is 16.2. The third kappa shape index (κ3) is 6.64. The number of hydrogen-bond donors (Lipinski definition) is 1. The standard InChI is InChI=1S/C23H23ClFNO2.ClH/c1-2-27-22-13-18(15-26-14-17-8-4-3-5-9-17)12-20(24)23(22)28-16-19-10-6-7-11-21(19)25;/h3-13,26H,2,14-16H2,1H3;1H. The van der Waals surface area contributed by atoms with E-state index in [1.807, 2.05) is 37.3 Å². The van der Waals surface area contributed by atoms with Gasteiger partial charge in [0.25, 0.3) is 0 Å². The molecular weight excluding hydrogens is 412 g/mol. The molecule has 0 amide bonds. The Balaban J connectivity index is 0.00000300. The molecule has 154 valence electrons. The molecule has 6 heteroatoms. The fraction of sp³-hybridized carbons (Fsp3) is 0.217. The van der Waals surface area contributed by atoms with E-state index >= 15 is 0 Å². The van der Waals surface area contributed by atoms with Gasteiger partial charge in [-0.15, -0.1) is 12.4 Å². The van der Waals surface area contributed by atoms with E-state index in [-0.39, 0.29) is 24.8 Å². The summed E-state index contributed by atoms with van der Waals surface area (Å²) in [5, 5.41) is 3.84. The Morgan fingerprint density at radius 1 is 0.897 bits per heavy atom. The number of hydrogen-bond acceptors (Lipinski definition) is 3. The highest BCUT2D eigenvalue weighted by atomic mass is 35.5. The molecule has 0 aliphatic rings. The van der Waals surface area contributed by atoms with Gasteiger partial charge in [0.05, 0.1) is 11.6 Å². The first-order valence-corrected chi connectivity index (χ1v) is 9.61. The van der Waals surface area contributed by atoms with Crippen LogP contribution in [0.5, 0.6) is 11.5 Å². The first kappa shape index (κ1) is 23.0. The second-order valence-electron chi connectivity index (χ2n) is 6.31. The van der Waals surface area contributed by atoms with Crippen LogP contribution in [0.3, 0.4) is 0 Å². The van der Waals surface area contributed by atoms with E-state index in [9.17, 15) is 4.39 Å². The molecule has 0 aromatic heterocycles. The molecule has 0 bridgehead atoms. The van der Waals surface area contributed by atoms with E-state index in [4.69, 9.17) is 21.1 Å². The molecule has 0 aliphatic heterocycles. The highest BCUT2D eigenvalue weighted by molar-refractivity contribution is 6.32. The van der Waals surface area contributed by atoms with E-state index in [2.05, 4.69) is 17.4 Å². The minimum atomic E-state index is -0.307. The summed E-state index contributed by atoms with van der Waals surface area (Å²) in [5.74, 6) is 0.680. The Bertz CT molecular complexity index is 907. The molecule has 0 spiro atoms. The molecule has 0 saturated heterocycles. The number of halogens is 3. The van der Waals surface area contributed by atoms with Gasteiger partial charge in [-0.3, -0.25) is 0 Å². The smallest absolute Gasteiger partial charge is 0.180 e. The predicted octanol–water partition coefficient (Wildman–Crippen LogP) is 6.17. The lowest BCUT2D eigenvalue weighted by atomic mass is 10.1. The number of rotatable bonds is 9. The van der Waals surface area contributed by atoms with Gasteiger partial charge in [-0.05, 0) is 36.2 Å². The van der Waals surface area contributed by atoms with Crippen molar-refractivity contribution < 1.29 is 13.9 Å². The quantitative estimate of drug-likeness (QED) is 0.435. The third-order valence-electron chi connectivity index (χ3n) is 4.20. The first-order chi connectivity index (χ1) is 13.7. The Kier molecular flexibility index (Phi) is 9.26.